The second-order valence-corrected chi connectivity index (χ2v) is 2.47. The zero-order chi connectivity index (χ0) is 8.55. The molecule has 0 spiro atoms. The van der Waals surface area contributed by atoms with E-state index < -0.39 is 0 Å². The SMILES string of the molecule is NCc1c(F)ccc2oncc12. The van der Waals surface area contributed by atoms with E-state index in [4.69, 9.17) is 10.3 Å². The quantitative estimate of drug-likeness (QED) is 0.697. The van der Waals surface area contributed by atoms with Crippen LogP contribution < -0.4 is 5.73 Å². The molecule has 0 unspecified atom stereocenters. The highest BCUT2D eigenvalue weighted by molar-refractivity contribution is 5.79. The zero-order valence-electron chi connectivity index (χ0n) is 6.25. The lowest BCUT2D eigenvalue weighted by molar-refractivity contribution is 0.456. The highest BCUT2D eigenvalue weighted by atomic mass is 19.1. The summed E-state index contributed by atoms with van der Waals surface area (Å²) >= 11 is 0. The lowest BCUT2D eigenvalue weighted by Gasteiger charge is -1.98. The van der Waals surface area contributed by atoms with Gasteiger partial charge in [0.2, 0.25) is 0 Å². The van der Waals surface area contributed by atoms with Crippen molar-refractivity contribution < 1.29 is 8.91 Å². The van der Waals surface area contributed by atoms with Gasteiger partial charge in [-0.05, 0) is 12.1 Å². The van der Waals surface area contributed by atoms with Crippen LogP contribution in [0.3, 0.4) is 0 Å². The van der Waals surface area contributed by atoms with Crippen LogP contribution >= 0.6 is 0 Å². The van der Waals surface area contributed by atoms with E-state index in [0.717, 1.165) is 0 Å². The number of nitrogens with zero attached hydrogens (tertiary/aromatic N) is 1. The van der Waals surface area contributed by atoms with Crippen LogP contribution in [0.15, 0.2) is 22.9 Å². The summed E-state index contributed by atoms with van der Waals surface area (Å²) in [6, 6.07) is 2.87. The van der Waals surface area contributed by atoms with E-state index in [9.17, 15) is 4.39 Å². The summed E-state index contributed by atoms with van der Waals surface area (Å²) in [5, 5.41) is 4.20. The summed E-state index contributed by atoms with van der Waals surface area (Å²) in [5.41, 5.74) is 6.39. The maximum absolute atomic E-state index is 13.0. The van der Waals surface area contributed by atoms with Gasteiger partial charge in [0, 0.05) is 17.5 Å². The lowest BCUT2D eigenvalue weighted by atomic mass is 10.1. The Labute approximate surface area is 67.9 Å². The molecule has 3 nitrogen and oxygen atoms in total. The minimum Gasteiger partial charge on any atom is -0.356 e. The molecule has 0 atom stereocenters. The van der Waals surface area contributed by atoms with Crippen LogP contribution in [0.5, 0.6) is 0 Å². The van der Waals surface area contributed by atoms with Gasteiger partial charge in [0.1, 0.15) is 5.82 Å². The number of halogens is 1. The van der Waals surface area contributed by atoms with Crippen LogP contribution in [-0.4, -0.2) is 5.16 Å². The third-order valence-electron chi connectivity index (χ3n) is 1.80. The molecule has 0 bridgehead atoms. The predicted molar refractivity (Wildman–Crippen MR) is 41.9 cm³/mol. The van der Waals surface area contributed by atoms with E-state index in [1.807, 2.05) is 0 Å². The van der Waals surface area contributed by atoms with E-state index in [-0.39, 0.29) is 12.4 Å². The van der Waals surface area contributed by atoms with Gasteiger partial charge >= 0.3 is 0 Å². The van der Waals surface area contributed by atoms with Crippen molar-refractivity contribution in [3.63, 3.8) is 0 Å². The van der Waals surface area contributed by atoms with Gasteiger partial charge < -0.3 is 10.3 Å². The van der Waals surface area contributed by atoms with Crippen molar-refractivity contribution in [1.82, 2.24) is 5.16 Å². The average molecular weight is 166 g/mol. The normalized spacial score (nSPS) is 10.8. The van der Waals surface area contributed by atoms with Crippen LogP contribution in [0.4, 0.5) is 4.39 Å². The Hall–Kier alpha value is -1.42. The molecule has 0 fully saturated rings. The second-order valence-electron chi connectivity index (χ2n) is 2.47. The molecule has 12 heavy (non-hydrogen) atoms. The molecule has 2 rings (SSSR count). The molecule has 1 heterocycles. The largest absolute Gasteiger partial charge is 0.356 e. The first-order valence-electron chi connectivity index (χ1n) is 3.55. The molecule has 0 amide bonds. The van der Waals surface area contributed by atoms with Crippen molar-refractivity contribution in [2.45, 2.75) is 6.54 Å². The zero-order valence-corrected chi connectivity index (χ0v) is 6.25. The Kier molecular flexibility index (Phi) is 1.55. The Bertz CT molecular complexity index is 410. The van der Waals surface area contributed by atoms with Gasteiger partial charge in [-0.1, -0.05) is 5.16 Å². The summed E-state index contributed by atoms with van der Waals surface area (Å²) in [4.78, 5) is 0. The van der Waals surface area contributed by atoms with Gasteiger partial charge in [0.15, 0.2) is 5.58 Å². The Balaban J connectivity index is 2.83. The molecule has 0 saturated carbocycles. The number of rotatable bonds is 1. The molecule has 1 aromatic carbocycles. The molecule has 0 aliphatic heterocycles. The number of benzene rings is 1. The van der Waals surface area contributed by atoms with Gasteiger partial charge in [-0.25, -0.2) is 4.39 Å². The minimum atomic E-state index is -0.312. The molecule has 2 aromatic rings. The highest BCUT2D eigenvalue weighted by Gasteiger charge is 2.07. The van der Waals surface area contributed by atoms with Crippen molar-refractivity contribution in [1.29, 1.82) is 0 Å². The third kappa shape index (κ3) is 0.887. The van der Waals surface area contributed by atoms with Crippen LogP contribution in [0, 0.1) is 5.82 Å². The molecule has 1 aromatic heterocycles. The molecular formula is C8H7FN2O. The van der Waals surface area contributed by atoms with Crippen molar-refractivity contribution in [2.75, 3.05) is 0 Å². The second kappa shape index (κ2) is 2.57. The first kappa shape index (κ1) is 7.24. The van der Waals surface area contributed by atoms with Gasteiger partial charge in [-0.2, -0.15) is 0 Å². The molecule has 0 aliphatic rings. The van der Waals surface area contributed by atoms with Gasteiger partial charge in [-0.15, -0.1) is 0 Å². The van der Waals surface area contributed by atoms with Gasteiger partial charge in [-0.3, -0.25) is 0 Å². The van der Waals surface area contributed by atoms with E-state index in [1.165, 1.54) is 18.3 Å². The average Bonchev–Trinajstić information content (AvgIpc) is 2.52. The maximum Gasteiger partial charge on any atom is 0.167 e. The van der Waals surface area contributed by atoms with Crippen LogP contribution in [0.2, 0.25) is 0 Å². The highest BCUT2D eigenvalue weighted by Crippen LogP contribution is 2.20. The molecule has 0 radical (unpaired) electrons. The molecule has 0 saturated heterocycles. The van der Waals surface area contributed by atoms with Crippen molar-refractivity contribution in [3.8, 4) is 0 Å². The monoisotopic (exact) mass is 166 g/mol. The summed E-state index contributed by atoms with van der Waals surface area (Å²) in [6.45, 7) is 0.157. The van der Waals surface area contributed by atoms with Crippen molar-refractivity contribution >= 4 is 11.0 Å². The van der Waals surface area contributed by atoms with E-state index in [1.54, 1.807) is 0 Å². The first-order chi connectivity index (χ1) is 5.83. The Morgan fingerprint density at radius 3 is 3.08 bits per heavy atom. The molecule has 2 N–H and O–H groups in total. The van der Waals surface area contributed by atoms with E-state index in [0.29, 0.717) is 16.5 Å². The Morgan fingerprint density at radius 1 is 1.50 bits per heavy atom. The summed E-state index contributed by atoms with van der Waals surface area (Å²) in [5.74, 6) is -0.312. The fourth-order valence-electron chi connectivity index (χ4n) is 1.18. The summed E-state index contributed by atoms with van der Waals surface area (Å²) in [7, 11) is 0. The van der Waals surface area contributed by atoms with Crippen molar-refractivity contribution in [2.24, 2.45) is 5.73 Å². The number of hydrogen-bond acceptors (Lipinski definition) is 3. The minimum absolute atomic E-state index is 0.157. The number of aromatic nitrogens is 1. The maximum atomic E-state index is 13.0. The van der Waals surface area contributed by atoms with E-state index in [2.05, 4.69) is 5.16 Å². The van der Waals surface area contributed by atoms with Crippen LogP contribution in [-0.2, 0) is 6.54 Å². The van der Waals surface area contributed by atoms with Crippen LogP contribution in [0.25, 0.3) is 11.0 Å². The number of nitrogens with two attached hydrogens (primary N) is 1. The van der Waals surface area contributed by atoms with Gasteiger partial charge in [0.25, 0.3) is 0 Å². The number of hydrogen-bond donors (Lipinski definition) is 1. The standard InChI is InChI=1S/C8H7FN2O/c9-7-1-2-8-6(4-11-12-8)5(7)3-10/h1-2,4H,3,10H2. The third-order valence-corrected chi connectivity index (χ3v) is 1.80. The Morgan fingerprint density at radius 2 is 2.33 bits per heavy atom. The molecule has 62 valence electrons. The predicted octanol–water partition coefficient (Wildman–Crippen LogP) is 1.43. The molecule has 4 heteroatoms. The van der Waals surface area contributed by atoms with Gasteiger partial charge in [0.05, 0.1) is 6.20 Å². The molecular weight excluding hydrogens is 159 g/mol. The summed E-state index contributed by atoms with van der Waals surface area (Å²) < 4.78 is 17.9. The van der Waals surface area contributed by atoms with E-state index >= 15 is 0 Å². The van der Waals surface area contributed by atoms with Crippen LogP contribution in [0.1, 0.15) is 5.56 Å². The smallest absolute Gasteiger partial charge is 0.167 e. The lowest BCUT2D eigenvalue weighted by Crippen LogP contribution is -1.99. The topological polar surface area (TPSA) is 52.0 Å². The first-order valence-corrected chi connectivity index (χ1v) is 3.55. The summed E-state index contributed by atoms with van der Waals surface area (Å²) in [6.07, 6.45) is 1.47. The fraction of sp³-hybridized carbons (Fsp3) is 0.125. The van der Waals surface area contributed by atoms with Crippen molar-refractivity contribution in [3.05, 3.63) is 29.7 Å². The fourth-order valence-corrected chi connectivity index (χ4v) is 1.18. The molecule has 0 aliphatic carbocycles. The number of fused-ring (bicyclic) bond motifs is 1.